The van der Waals surface area contributed by atoms with Crippen LogP contribution in [-0.4, -0.2) is 64.4 Å². The fraction of sp³-hybridized carbons (Fsp3) is 0.467. The molecule has 2 aromatic carbocycles. The average molecular weight is 620 g/mol. The van der Waals surface area contributed by atoms with Crippen molar-refractivity contribution in [3.05, 3.63) is 70.2 Å². The molecule has 0 radical (unpaired) electrons. The molecule has 4 bridgehead atoms. The van der Waals surface area contributed by atoms with E-state index in [0.717, 1.165) is 19.5 Å². The maximum Gasteiger partial charge on any atom is 0.266 e. The standard InChI is InChI=1S/C30H36Cl2N4O4S/c1-21-10-17-35-20-23(21)19-34-29(38)30(12-14-33-15-13-30)11-2-3-16-36(25-7-5-24(31)6-8-25)41(39,40)27-18-22(28(35)37)4-9-26(27)32/h2-9,18,21,23,33H,10-17,19-20H2,1H3,(H,34,38)/b3-2+. The van der Waals surface area contributed by atoms with Crippen molar-refractivity contribution in [1.29, 1.82) is 0 Å². The molecule has 220 valence electrons. The Hall–Kier alpha value is -2.59. The Kier molecular flexibility index (Phi) is 8.99. The van der Waals surface area contributed by atoms with Gasteiger partial charge in [-0.2, -0.15) is 0 Å². The van der Waals surface area contributed by atoms with Gasteiger partial charge in [0, 0.05) is 30.2 Å². The number of piperidine rings is 2. The first-order valence-electron chi connectivity index (χ1n) is 14.1. The van der Waals surface area contributed by atoms with E-state index in [4.69, 9.17) is 23.2 Å². The summed E-state index contributed by atoms with van der Waals surface area (Å²) in [6.07, 6.45) is 6.37. The molecule has 1 spiro atoms. The molecule has 2 fully saturated rings. The molecule has 2 aromatic rings. The summed E-state index contributed by atoms with van der Waals surface area (Å²) in [4.78, 5) is 28.9. The predicted molar refractivity (Wildman–Crippen MR) is 162 cm³/mol. The first-order valence-corrected chi connectivity index (χ1v) is 16.3. The lowest BCUT2D eigenvalue weighted by atomic mass is 9.75. The summed E-state index contributed by atoms with van der Waals surface area (Å²) >= 11 is 12.6. The minimum Gasteiger partial charge on any atom is -0.355 e. The second-order valence-electron chi connectivity index (χ2n) is 11.4. The molecule has 5 rings (SSSR count). The van der Waals surface area contributed by atoms with Crippen LogP contribution in [0.15, 0.2) is 59.5 Å². The van der Waals surface area contributed by atoms with Gasteiger partial charge in [-0.3, -0.25) is 13.9 Å². The fourth-order valence-corrected chi connectivity index (χ4v) is 8.05. The van der Waals surface area contributed by atoms with Gasteiger partial charge in [-0.05, 0) is 93.1 Å². The highest BCUT2D eigenvalue weighted by Gasteiger charge is 2.39. The zero-order chi connectivity index (χ0) is 29.2. The summed E-state index contributed by atoms with van der Waals surface area (Å²) in [6, 6.07) is 10.9. The first kappa shape index (κ1) is 29.9. The van der Waals surface area contributed by atoms with E-state index in [9.17, 15) is 18.0 Å². The van der Waals surface area contributed by atoms with Crippen LogP contribution in [0.4, 0.5) is 5.69 Å². The Bertz CT molecular complexity index is 1420. The quantitative estimate of drug-likeness (QED) is 0.450. The maximum atomic E-state index is 14.1. The monoisotopic (exact) mass is 618 g/mol. The molecule has 41 heavy (non-hydrogen) atoms. The first-order chi connectivity index (χ1) is 19.6. The number of hydrogen-bond donors (Lipinski definition) is 2. The summed E-state index contributed by atoms with van der Waals surface area (Å²) in [7, 11) is -4.18. The smallest absolute Gasteiger partial charge is 0.266 e. The lowest BCUT2D eigenvalue weighted by molar-refractivity contribution is -0.132. The van der Waals surface area contributed by atoms with E-state index >= 15 is 0 Å². The summed E-state index contributed by atoms with van der Waals surface area (Å²) < 4.78 is 29.5. The van der Waals surface area contributed by atoms with Crippen molar-refractivity contribution in [3.63, 3.8) is 0 Å². The van der Waals surface area contributed by atoms with Gasteiger partial charge in [0.2, 0.25) is 5.91 Å². The number of benzene rings is 2. The van der Waals surface area contributed by atoms with Crippen molar-refractivity contribution in [2.75, 3.05) is 43.6 Å². The number of fused-ring (bicyclic) bond motifs is 4. The van der Waals surface area contributed by atoms with Gasteiger partial charge < -0.3 is 15.5 Å². The highest BCUT2D eigenvalue weighted by Crippen LogP contribution is 2.35. The summed E-state index contributed by atoms with van der Waals surface area (Å²) in [5.74, 6) is 0.194. The molecule has 8 nitrogen and oxygen atoms in total. The van der Waals surface area contributed by atoms with E-state index in [1.807, 2.05) is 6.08 Å². The largest absolute Gasteiger partial charge is 0.355 e. The Labute approximate surface area is 252 Å². The normalized spacial score (nSPS) is 25.8. The number of carbonyl (C=O) groups excluding carboxylic acids is 2. The third-order valence-electron chi connectivity index (χ3n) is 8.78. The van der Waals surface area contributed by atoms with Gasteiger partial charge in [0.25, 0.3) is 15.9 Å². The Morgan fingerprint density at radius 2 is 1.73 bits per heavy atom. The van der Waals surface area contributed by atoms with Crippen LogP contribution < -0.4 is 14.9 Å². The molecule has 2 unspecified atom stereocenters. The Morgan fingerprint density at radius 1 is 1.00 bits per heavy atom. The van der Waals surface area contributed by atoms with Crippen LogP contribution >= 0.6 is 23.2 Å². The van der Waals surface area contributed by atoms with Crippen LogP contribution in [-0.2, 0) is 14.8 Å². The van der Waals surface area contributed by atoms with Crippen molar-refractivity contribution >= 4 is 50.7 Å². The third kappa shape index (κ3) is 6.28. The number of nitrogens with one attached hydrogen (secondary N) is 2. The Morgan fingerprint density at radius 3 is 2.46 bits per heavy atom. The van der Waals surface area contributed by atoms with Crippen LogP contribution in [0.3, 0.4) is 0 Å². The van der Waals surface area contributed by atoms with Crippen molar-refractivity contribution in [2.45, 2.75) is 37.5 Å². The molecular weight excluding hydrogens is 583 g/mol. The van der Waals surface area contributed by atoms with Gasteiger partial charge in [0.15, 0.2) is 0 Å². The van der Waals surface area contributed by atoms with Crippen molar-refractivity contribution in [1.82, 2.24) is 15.5 Å². The molecule has 2 saturated heterocycles. The summed E-state index contributed by atoms with van der Waals surface area (Å²) in [6.45, 7) is 5.18. The number of rotatable bonds is 1. The molecule has 2 amide bonds. The molecule has 0 saturated carbocycles. The fourth-order valence-electron chi connectivity index (χ4n) is 6.00. The number of anilines is 1. The molecule has 0 aliphatic carbocycles. The highest BCUT2D eigenvalue weighted by atomic mass is 35.5. The average Bonchev–Trinajstić information content (AvgIpc) is 2.97. The van der Waals surface area contributed by atoms with Gasteiger partial charge in [-0.25, -0.2) is 8.42 Å². The summed E-state index contributed by atoms with van der Waals surface area (Å²) in [5, 5.41) is 7.09. The zero-order valence-electron chi connectivity index (χ0n) is 23.1. The van der Waals surface area contributed by atoms with E-state index in [1.165, 1.54) is 16.4 Å². The molecule has 3 heterocycles. The van der Waals surface area contributed by atoms with Crippen LogP contribution in [0.1, 0.15) is 43.0 Å². The minimum atomic E-state index is -4.18. The van der Waals surface area contributed by atoms with E-state index in [2.05, 4.69) is 17.6 Å². The maximum absolute atomic E-state index is 14.1. The molecular formula is C30H36Cl2N4O4S. The van der Waals surface area contributed by atoms with Crippen molar-refractivity contribution < 1.29 is 18.0 Å². The Balaban J connectivity index is 1.58. The number of amides is 2. The number of carbonyl (C=O) groups is 2. The van der Waals surface area contributed by atoms with Crippen molar-refractivity contribution in [2.24, 2.45) is 17.3 Å². The lowest BCUT2D eigenvalue weighted by Gasteiger charge is -2.39. The number of halogens is 2. The highest BCUT2D eigenvalue weighted by molar-refractivity contribution is 7.93. The minimum absolute atomic E-state index is 0.0140. The van der Waals surface area contributed by atoms with Gasteiger partial charge in [0.05, 0.1) is 22.7 Å². The number of hydrogen-bond acceptors (Lipinski definition) is 5. The molecule has 3 aliphatic heterocycles. The van der Waals surface area contributed by atoms with E-state index in [-0.39, 0.29) is 39.8 Å². The number of allylic oxidation sites excluding steroid dienone is 1. The zero-order valence-corrected chi connectivity index (χ0v) is 25.4. The van der Waals surface area contributed by atoms with E-state index in [0.29, 0.717) is 55.5 Å². The molecule has 3 aliphatic rings. The van der Waals surface area contributed by atoms with Crippen molar-refractivity contribution in [3.8, 4) is 0 Å². The molecule has 0 aromatic heterocycles. The lowest BCUT2D eigenvalue weighted by Crippen LogP contribution is -2.51. The van der Waals surface area contributed by atoms with Crippen LogP contribution in [0.5, 0.6) is 0 Å². The van der Waals surface area contributed by atoms with Crippen LogP contribution in [0, 0.1) is 17.3 Å². The van der Waals surface area contributed by atoms with E-state index < -0.39 is 15.4 Å². The number of nitrogens with zero attached hydrogens (tertiary/aromatic N) is 2. The van der Waals surface area contributed by atoms with Gasteiger partial charge >= 0.3 is 0 Å². The third-order valence-corrected chi connectivity index (χ3v) is 11.3. The summed E-state index contributed by atoms with van der Waals surface area (Å²) in [5.41, 5.74) is 0.0880. The van der Waals surface area contributed by atoms with Gasteiger partial charge in [-0.15, -0.1) is 0 Å². The predicted octanol–water partition coefficient (Wildman–Crippen LogP) is 4.73. The molecule has 2 atom stereocenters. The van der Waals surface area contributed by atoms with E-state index in [1.54, 1.807) is 41.3 Å². The van der Waals surface area contributed by atoms with Crippen LogP contribution in [0.2, 0.25) is 10.0 Å². The van der Waals surface area contributed by atoms with Crippen LogP contribution in [0.25, 0.3) is 0 Å². The second kappa shape index (κ2) is 12.3. The molecule has 11 heteroatoms. The molecule has 2 N–H and O–H groups in total. The number of sulfonamides is 1. The second-order valence-corrected chi connectivity index (χ2v) is 14.0. The topological polar surface area (TPSA) is 98.8 Å². The van der Waals surface area contributed by atoms with Gasteiger partial charge in [0.1, 0.15) is 4.90 Å². The van der Waals surface area contributed by atoms with Gasteiger partial charge in [-0.1, -0.05) is 42.3 Å². The SMILES string of the molecule is CC1CCN2CC1CNC(=O)C1(C/C=C/CN(c3ccc(Cl)cc3)S(=O)(=O)c3cc(ccc3Cl)C2=O)CCNCC1.